The molecule has 0 radical (unpaired) electrons. The quantitative estimate of drug-likeness (QED) is 0.614. The van der Waals surface area contributed by atoms with Gasteiger partial charge in [0.15, 0.2) is 0 Å². The minimum atomic E-state index is 0.165. The molecular formula is C12H14N2O2. The van der Waals surface area contributed by atoms with Crippen LogP contribution in [0.25, 0.3) is 10.9 Å². The number of benzene rings is 1. The van der Waals surface area contributed by atoms with Crippen molar-refractivity contribution in [2.45, 2.75) is 6.92 Å². The van der Waals surface area contributed by atoms with E-state index in [0.29, 0.717) is 12.3 Å². The highest BCUT2D eigenvalue weighted by Crippen LogP contribution is 2.21. The first-order valence-electron chi connectivity index (χ1n) is 5.13. The average Bonchev–Trinajstić information content (AvgIpc) is 2.71. The van der Waals surface area contributed by atoms with Crippen molar-refractivity contribution >= 4 is 16.8 Å². The Morgan fingerprint density at radius 2 is 2.19 bits per heavy atom. The first kappa shape index (κ1) is 10.5. The number of fused-ring (bicyclic) bond motifs is 1. The van der Waals surface area contributed by atoms with Crippen LogP contribution in [-0.4, -0.2) is 24.6 Å². The van der Waals surface area contributed by atoms with Crippen molar-refractivity contribution in [2.24, 2.45) is 0 Å². The third-order valence-corrected chi connectivity index (χ3v) is 2.36. The Morgan fingerprint density at radius 1 is 1.38 bits per heavy atom. The van der Waals surface area contributed by atoms with Crippen molar-refractivity contribution in [1.29, 1.82) is 5.41 Å². The number of methoxy groups -OCH3 is 1. The third kappa shape index (κ3) is 1.86. The Kier molecular flexibility index (Phi) is 2.81. The maximum atomic E-state index is 7.68. The van der Waals surface area contributed by atoms with Gasteiger partial charge < -0.3 is 14.5 Å². The zero-order valence-electron chi connectivity index (χ0n) is 9.33. The van der Waals surface area contributed by atoms with Crippen LogP contribution in [0.3, 0.4) is 0 Å². The Balaban J connectivity index is 2.39. The van der Waals surface area contributed by atoms with E-state index in [9.17, 15) is 0 Å². The van der Waals surface area contributed by atoms with Gasteiger partial charge in [0, 0.05) is 10.9 Å². The molecule has 2 rings (SSSR count). The van der Waals surface area contributed by atoms with E-state index >= 15 is 0 Å². The summed E-state index contributed by atoms with van der Waals surface area (Å²) in [4.78, 5) is 3.13. The smallest absolute Gasteiger partial charge is 0.230 e. The van der Waals surface area contributed by atoms with Crippen LogP contribution >= 0.6 is 0 Å². The van der Waals surface area contributed by atoms with Crippen LogP contribution in [0.15, 0.2) is 24.3 Å². The molecule has 1 aromatic carbocycles. The molecule has 4 heteroatoms. The van der Waals surface area contributed by atoms with Crippen LogP contribution in [-0.2, 0) is 4.74 Å². The second-order valence-electron chi connectivity index (χ2n) is 3.40. The number of aromatic nitrogens is 1. The summed E-state index contributed by atoms with van der Waals surface area (Å²) >= 11 is 0. The number of rotatable bonds is 3. The lowest BCUT2D eigenvalue weighted by Gasteiger charge is -2.00. The monoisotopic (exact) mass is 218 g/mol. The lowest BCUT2D eigenvalue weighted by atomic mass is 10.2. The summed E-state index contributed by atoms with van der Waals surface area (Å²) in [6, 6.07) is 7.62. The van der Waals surface area contributed by atoms with Crippen LogP contribution in [0.5, 0.6) is 5.75 Å². The van der Waals surface area contributed by atoms with Crippen LogP contribution < -0.4 is 4.74 Å². The van der Waals surface area contributed by atoms with Crippen molar-refractivity contribution in [3.63, 3.8) is 0 Å². The van der Waals surface area contributed by atoms with Crippen molar-refractivity contribution in [1.82, 2.24) is 4.98 Å². The molecule has 2 N–H and O–H groups in total. The average molecular weight is 218 g/mol. The molecule has 0 atom stereocenters. The predicted octanol–water partition coefficient (Wildman–Crippen LogP) is 2.54. The molecule has 0 saturated heterocycles. The Morgan fingerprint density at radius 3 is 2.88 bits per heavy atom. The van der Waals surface area contributed by atoms with Crippen molar-refractivity contribution in [2.75, 3.05) is 13.7 Å². The second kappa shape index (κ2) is 4.26. The maximum Gasteiger partial charge on any atom is 0.230 e. The Labute approximate surface area is 93.7 Å². The van der Waals surface area contributed by atoms with Gasteiger partial charge in [-0.3, -0.25) is 5.41 Å². The summed E-state index contributed by atoms with van der Waals surface area (Å²) in [7, 11) is 1.64. The van der Waals surface area contributed by atoms with E-state index in [2.05, 4.69) is 4.98 Å². The molecule has 0 aliphatic carbocycles. The van der Waals surface area contributed by atoms with Crippen molar-refractivity contribution < 1.29 is 9.47 Å². The summed E-state index contributed by atoms with van der Waals surface area (Å²) in [5.41, 5.74) is 1.66. The fourth-order valence-corrected chi connectivity index (χ4v) is 1.58. The van der Waals surface area contributed by atoms with Gasteiger partial charge in [0.2, 0.25) is 5.90 Å². The van der Waals surface area contributed by atoms with Crippen molar-refractivity contribution in [3.8, 4) is 5.75 Å². The van der Waals surface area contributed by atoms with Gasteiger partial charge in [0.05, 0.1) is 13.7 Å². The normalized spacial score (nSPS) is 10.4. The van der Waals surface area contributed by atoms with Gasteiger partial charge in [-0.25, -0.2) is 0 Å². The highest BCUT2D eigenvalue weighted by Gasteiger charge is 2.07. The van der Waals surface area contributed by atoms with E-state index in [1.807, 2.05) is 31.2 Å². The van der Waals surface area contributed by atoms with Gasteiger partial charge in [-0.05, 0) is 31.2 Å². The topological polar surface area (TPSA) is 58.1 Å². The molecule has 84 valence electrons. The van der Waals surface area contributed by atoms with Crippen LogP contribution in [0.2, 0.25) is 0 Å². The van der Waals surface area contributed by atoms with Crippen LogP contribution in [0.4, 0.5) is 0 Å². The highest BCUT2D eigenvalue weighted by atomic mass is 16.5. The molecule has 0 aliphatic rings. The molecule has 4 nitrogen and oxygen atoms in total. The second-order valence-corrected chi connectivity index (χ2v) is 3.40. The number of hydrogen-bond acceptors (Lipinski definition) is 3. The molecule has 0 fully saturated rings. The van der Waals surface area contributed by atoms with Gasteiger partial charge in [-0.2, -0.15) is 0 Å². The van der Waals surface area contributed by atoms with Gasteiger partial charge in [0.25, 0.3) is 0 Å². The minimum absolute atomic E-state index is 0.165. The van der Waals surface area contributed by atoms with Crippen molar-refractivity contribution in [3.05, 3.63) is 30.0 Å². The van der Waals surface area contributed by atoms with E-state index in [1.165, 1.54) is 0 Å². The van der Waals surface area contributed by atoms with Crippen LogP contribution in [0.1, 0.15) is 12.6 Å². The maximum absolute atomic E-state index is 7.68. The zero-order valence-corrected chi connectivity index (χ0v) is 9.33. The SMILES string of the molecule is CCOC(=N)c1cc2cc(OC)ccc2[nH]1. The number of aromatic amines is 1. The van der Waals surface area contributed by atoms with Crippen LogP contribution in [0, 0.1) is 5.41 Å². The van der Waals surface area contributed by atoms with E-state index in [-0.39, 0.29) is 5.90 Å². The highest BCUT2D eigenvalue weighted by molar-refractivity contribution is 5.96. The van der Waals surface area contributed by atoms with E-state index in [1.54, 1.807) is 7.11 Å². The number of nitrogens with one attached hydrogen (secondary N) is 2. The Bertz CT molecular complexity index is 517. The molecule has 0 amide bonds. The first-order valence-corrected chi connectivity index (χ1v) is 5.13. The number of ether oxygens (including phenoxy) is 2. The molecule has 16 heavy (non-hydrogen) atoms. The molecule has 0 bridgehead atoms. The molecule has 0 aliphatic heterocycles. The van der Waals surface area contributed by atoms with E-state index < -0.39 is 0 Å². The lowest BCUT2D eigenvalue weighted by molar-refractivity contribution is 0.325. The zero-order chi connectivity index (χ0) is 11.5. The van der Waals surface area contributed by atoms with Gasteiger partial charge >= 0.3 is 0 Å². The summed E-state index contributed by atoms with van der Waals surface area (Å²) in [6.45, 7) is 2.36. The Hall–Kier alpha value is -1.97. The number of hydrogen-bond donors (Lipinski definition) is 2. The molecule has 1 aromatic heterocycles. The summed E-state index contributed by atoms with van der Waals surface area (Å²) in [6.07, 6.45) is 0. The third-order valence-electron chi connectivity index (χ3n) is 2.36. The first-order chi connectivity index (χ1) is 7.74. The molecule has 0 spiro atoms. The number of H-pyrrole nitrogens is 1. The standard InChI is InChI=1S/C12H14N2O2/c1-3-16-12(13)11-7-8-6-9(15-2)4-5-10(8)14-11/h4-7,13-14H,3H2,1-2H3. The molecule has 0 saturated carbocycles. The summed E-state index contributed by atoms with van der Waals surface area (Å²) in [5.74, 6) is 0.971. The molecular weight excluding hydrogens is 204 g/mol. The summed E-state index contributed by atoms with van der Waals surface area (Å²) < 4.78 is 10.3. The molecule has 1 heterocycles. The minimum Gasteiger partial charge on any atom is -0.497 e. The molecule has 0 unspecified atom stereocenters. The van der Waals surface area contributed by atoms with E-state index in [4.69, 9.17) is 14.9 Å². The van der Waals surface area contributed by atoms with E-state index in [0.717, 1.165) is 16.7 Å². The molecule has 2 aromatic rings. The fourth-order valence-electron chi connectivity index (χ4n) is 1.58. The van der Waals surface area contributed by atoms with Gasteiger partial charge in [0.1, 0.15) is 11.4 Å². The predicted molar refractivity (Wildman–Crippen MR) is 63.3 cm³/mol. The van der Waals surface area contributed by atoms with Gasteiger partial charge in [-0.15, -0.1) is 0 Å². The largest absolute Gasteiger partial charge is 0.497 e. The fraction of sp³-hybridized carbons (Fsp3) is 0.250. The van der Waals surface area contributed by atoms with Gasteiger partial charge in [-0.1, -0.05) is 0 Å². The lowest BCUT2D eigenvalue weighted by Crippen LogP contribution is -2.04. The summed E-state index contributed by atoms with van der Waals surface area (Å²) in [5, 5.41) is 8.69.